The number of rotatable bonds is 9. The lowest BCUT2D eigenvalue weighted by atomic mass is 9.73. The van der Waals surface area contributed by atoms with Gasteiger partial charge in [0.05, 0.1) is 6.61 Å². The molecule has 7 heteroatoms. The number of esters is 1. The van der Waals surface area contributed by atoms with Gasteiger partial charge in [0.25, 0.3) is 0 Å². The Balaban J connectivity index is 6.58. The van der Waals surface area contributed by atoms with Crippen molar-refractivity contribution in [3.8, 4) is 0 Å². The van der Waals surface area contributed by atoms with Crippen molar-refractivity contribution in [1.82, 2.24) is 0 Å². The highest BCUT2D eigenvalue weighted by molar-refractivity contribution is 5.89. The molecule has 0 spiro atoms. The van der Waals surface area contributed by atoms with Crippen molar-refractivity contribution >= 4 is 17.9 Å². The van der Waals surface area contributed by atoms with Crippen molar-refractivity contribution in [3.63, 3.8) is 0 Å². The third-order valence-electron chi connectivity index (χ3n) is 3.80. The monoisotopic (exact) mass is 354 g/mol. The first-order valence-corrected chi connectivity index (χ1v) is 7.83. The minimum atomic E-state index is -1.28. The van der Waals surface area contributed by atoms with Crippen LogP contribution in [0.4, 0.5) is 0 Å². The third kappa shape index (κ3) is 6.54. The molecule has 140 valence electrons. The molecule has 0 aliphatic rings. The Morgan fingerprint density at radius 1 is 0.960 bits per heavy atom. The number of aliphatic hydroxyl groups excluding tert-OH is 1. The Hall–Kier alpha value is -2.41. The van der Waals surface area contributed by atoms with Crippen LogP contribution in [0.1, 0.15) is 34.6 Å². The number of carboxylic acids is 2. The molecule has 0 aliphatic heterocycles. The summed E-state index contributed by atoms with van der Waals surface area (Å²) in [5.74, 6) is -3.54. The van der Waals surface area contributed by atoms with E-state index in [1.54, 1.807) is 13.8 Å². The fourth-order valence-electron chi connectivity index (χ4n) is 2.26. The number of carbonyl (C=O) groups excluding carboxylic acids is 1. The van der Waals surface area contributed by atoms with Gasteiger partial charge in [0.2, 0.25) is 0 Å². The summed E-state index contributed by atoms with van der Waals surface area (Å²) in [6.07, 6.45) is 4.11. The van der Waals surface area contributed by atoms with E-state index in [1.165, 1.54) is 39.0 Å². The summed E-state index contributed by atoms with van der Waals surface area (Å²) in [6.45, 7) is 7.31. The number of carbonyl (C=O) groups is 3. The first-order valence-electron chi connectivity index (χ1n) is 7.83. The van der Waals surface area contributed by atoms with Crippen LogP contribution >= 0.6 is 0 Å². The van der Waals surface area contributed by atoms with E-state index in [0.29, 0.717) is 0 Å². The Bertz CT molecular complexity index is 581. The number of aliphatic hydroxyl groups is 1. The van der Waals surface area contributed by atoms with Crippen molar-refractivity contribution in [3.05, 3.63) is 34.9 Å². The molecular weight excluding hydrogens is 328 g/mol. The minimum Gasteiger partial charge on any atom is -0.478 e. The summed E-state index contributed by atoms with van der Waals surface area (Å²) in [5.41, 5.74) is -1.17. The van der Waals surface area contributed by atoms with E-state index in [4.69, 9.17) is 4.74 Å². The number of aliphatic carboxylic acids is 2. The summed E-state index contributed by atoms with van der Waals surface area (Å²) in [4.78, 5) is 34.4. The molecular formula is C18H26O7. The fraction of sp³-hybridized carbons (Fsp3) is 0.500. The Labute approximate surface area is 147 Å². The molecule has 0 heterocycles. The largest absolute Gasteiger partial charge is 0.478 e. The standard InChI is InChI=1S/C18H26O7/c1-6-25-17(24)13(4)9-18(14(5)10-19,7-11(2)15(20)21)8-12(3)16(22)23/h7-9,14,19H,6,10H2,1-5H3,(H,20,21)(H,22,23). The van der Waals surface area contributed by atoms with Crippen LogP contribution in [0.5, 0.6) is 0 Å². The first-order chi connectivity index (χ1) is 11.5. The highest BCUT2D eigenvalue weighted by Gasteiger charge is 2.32. The molecule has 0 aromatic rings. The van der Waals surface area contributed by atoms with E-state index in [0.717, 1.165) is 0 Å². The molecule has 0 fully saturated rings. The van der Waals surface area contributed by atoms with Gasteiger partial charge < -0.3 is 20.1 Å². The van der Waals surface area contributed by atoms with Crippen LogP contribution in [0, 0.1) is 11.3 Å². The molecule has 0 saturated carbocycles. The van der Waals surface area contributed by atoms with Gasteiger partial charge in [-0.1, -0.05) is 25.2 Å². The van der Waals surface area contributed by atoms with E-state index < -0.39 is 29.2 Å². The van der Waals surface area contributed by atoms with Gasteiger partial charge in [-0.15, -0.1) is 0 Å². The van der Waals surface area contributed by atoms with Crippen LogP contribution in [-0.4, -0.2) is 46.4 Å². The number of ether oxygens (including phenoxy) is 1. The zero-order valence-electron chi connectivity index (χ0n) is 15.2. The Morgan fingerprint density at radius 2 is 1.36 bits per heavy atom. The lowest BCUT2D eigenvalue weighted by Gasteiger charge is -2.31. The highest BCUT2D eigenvalue weighted by atomic mass is 16.5. The molecule has 7 nitrogen and oxygen atoms in total. The quantitative estimate of drug-likeness (QED) is 0.428. The second-order valence-corrected chi connectivity index (χ2v) is 5.90. The number of hydrogen-bond acceptors (Lipinski definition) is 5. The van der Waals surface area contributed by atoms with E-state index in [1.807, 2.05) is 0 Å². The van der Waals surface area contributed by atoms with Gasteiger partial charge >= 0.3 is 17.9 Å². The number of allylic oxidation sites excluding steroid dienone is 3. The lowest BCUT2D eigenvalue weighted by Crippen LogP contribution is -2.28. The van der Waals surface area contributed by atoms with Gasteiger partial charge in [0.1, 0.15) is 0 Å². The van der Waals surface area contributed by atoms with Crippen LogP contribution < -0.4 is 0 Å². The molecule has 0 rings (SSSR count). The fourth-order valence-corrected chi connectivity index (χ4v) is 2.26. The van der Waals surface area contributed by atoms with Crippen LogP contribution in [0.15, 0.2) is 34.9 Å². The molecule has 25 heavy (non-hydrogen) atoms. The van der Waals surface area contributed by atoms with Crippen molar-refractivity contribution < 1.29 is 34.4 Å². The molecule has 1 unspecified atom stereocenters. The van der Waals surface area contributed by atoms with Crippen LogP contribution in [0.3, 0.4) is 0 Å². The van der Waals surface area contributed by atoms with Crippen molar-refractivity contribution in [2.75, 3.05) is 13.2 Å². The lowest BCUT2D eigenvalue weighted by molar-refractivity contribution is -0.138. The Morgan fingerprint density at radius 3 is 1.68 bits per heavy atom. The van der Waals surface area contributed by atoms with Crippen molar-refractivity contribution in [1.29, 1.82) is 0 Å². The zero-order chi connectivity index (χ0) is 19.8. The number of carboxylic acid groups (broad SMARTS) is 2. The van der Waals surface area contributed by atoms with Crippen LogP contribution in [0.25, 0.3) is 0 Å². The van der Waals surface area contributed by atoms with Gasteiger partial charge in [-0.2, -0.15) is 0 Å². The predicted octanol–water partition coefficient (Wildman–Crippen LogP) is 2.17. The average Bonchev–Trinajstić information content (AvgIpc) is 2.53. The number of hydrogen-bond donors (Lipinski definition) is 3. The van der Waals surface area contributed by atoms with Crippen LogP contribution in [-0.2, 0) is 19.1 Å². The third-order valence-corrected chi connectivity index (χ3v) is 3.80. The summed E-state index contributed by atoms with van der Waals surface area (Å²) in [6, 6.07) is 0. The van der Waals surface area contributed by atoms with Gasteiger partial charge in [0, 0.05) is 28.7 Å². The van der Waals surface area contributed by atoms with Crippen molar-refractivity contribution in [2.24, 2.45) is 11.3 Å². The van der Waals surface area contributed by atoms with Gasteiger partial charge in [-0.3, -0.25) is 0 Å². The van der Waals surface area contributed by atoms with Crippen LogP contribution in [0.2, 0.25) is 0 Å². The maximum Gasteiger partial charge on any atom is 0.333 e. The second kappa shape index (κ2) is 9.78. The molecule has 3 N–H and O–H groups in total. The molecule has 0 aliphatic carbocycles. The SMILES string of the molecule is CCOC(=O)C(C)=CC(C=C(C)C(=O)O)(C=C(C)C(=O)O)C(C)CO. The topological polar surface area (TPSA) is 121 Å². The summed E-state index contributed by atoms with van der Waals surface area (Å²) < 4.78 is 4.92. The minimum absolute atomic E-state index is 0.0392. The molecule has 0 radical (unpaired) electrons. The zero-order valence-corrected chi connectivity index (χ0v) is 15.2. The maximum absolute atomic E-state index is 11.9. The summed E-state index contributed by atoms with van der Waals surface area (Å²) >= 11 is 0. The predicted molar refractivity (Wildman–Crippen MR) is 91.9 cm³/mol. The van der Waals surface area contributed by atoms with E-state index in [-0.39, 0.29) is 29.9 Å². The normalized spacial score (nSPS) is 16.8. The smallest absolute Gasteiger partial charge is 0.333 e. The molecule has 1 atom stereocenters. The molecule has 0 saturated heterocycles. The van der Waals surface area contributed by atoms with Gasteiger partial charge in [-0.05, 0) is 33.6 Å². The summed E-state index contributed by atoms with van der Waals surface area (Å²) in [5, 5.41) is 28.0. The first kappa shape index (κ1) is 22.6. The molecule has 0 bridgehead atoms. The molecule has 0 aromatic heterocycles. The average molecular weight is 354 g/mol. The molecule has 0 amide bonds. The van der Waals surface area contributed by atoms with Gasteiger partial charge in [0.15, 0.2) is 0 Å². The van der Waals surface area contributed by atoms with E-state index in [9.17, 15) is 29.7 Å². The van der Waals surface area contributed by atoms with E-state index >= 15 is 0 Å². The second-order valence-electron chi connectivity index (χ2n) is 5.90. The Kier molecular flexibility index (Phi) is 8.84. The molecule has 0 aromatic carbocycles. The summed E-state index contributed by atoms with van der Waals surface area (Å²) in [7, 11) is 0. The van der Waals surface area contributed by atoms with E-state index in [2.05, 4.69) is 0 Å². The van der Waals surface area contributed by atoms with Crippen molar-refractivity contribution in [2.45, 2.75) is 34.6 Å². The maximum atomic E-state index is 11.9. The highest BCUT2D eigenvalue weighted by Crippen LogP contribution is 2.37. The van der Waals surface area contributed by atoms with Gasteiger partial charge in [-0.25, -0.2) is 14.4 Å².